The number of rotatable bonds is 5. The minimum absolute atomic E-state index is 0.633. The quantitative estimate of drug-likeness (QED) is 0.674. The van der Waals surface area contributed by atoms with Crippen molar-refractivity contribution in [2.24, 2.45) is 12.0 Å². The second-order valence-electron chi connectivity index (χ2n) is 5.66. The van der Waals surface area contributed by atoms with E-state index in [9.17, 15) is 0 Å². The van der Waals surface area contributed by atoms with Gasteiger partial charge in [-0.3, -0.25) is 4.68 Å². The van der Waals surface area contributed by atoms with Gasteiger partial charge in [-0.05, 0) is 27.7 Å². The van der Waals surface area contributed by atoms with Crippen molar-refractivity contribution >= 4 is 17.3 Å². The molecular weight excluding hydrogens is 308 g/mol. The number of aliphatic imine (C=N–C) groups is 1. The average molecular weight is 334 g/mol. The number of thiazole rings is 1. The van der Waals surface area contributed by atoms with Crippen molar-refractivity contribution in [1.29, 1.82) is 0 Å². The van der Waals surface area contributed by atoms with E-state index in [0.717, 1.165) is 35.4 Å². The molecule has 23 heavy (non-hydrogen) atoms. The van der Waals surface area contributed by atoms with Crippen LogP contribution in [0.4, 0.5) is 0 Å². The molecule has 126 valence electrons. The van der Waals surface area contributed by atoms with Gasteiger partial charge in [0.05, 0.1) is 29.5 Å². The number of aromatic nitrogens is 3. The highest BCUT2D eigenvalue weighted by Gasteiger charge is 2.11. The fraction of sp³-hybridized carbons (Fsp3) is 0.562. The van der Waals surface area contributed by atoms with Crippen LogP contribution in [-0.2, 0) is 20.1 Å². The number of nitrogens with zero attached hydrogens (tertiary/aromatic N) is 5. The molecule has 0 fully saturated rings. The topological polar surface area (TPSA) is 58.3 Å². The Bertz CT molecular complexity index is 685. The molecule has 2 aromatic heterocycles. The van der Waals surface area contributed by atoms with Crippen LogP contribution in [0.2, 0.25) is 0 Å². The number of aryl methyl sites for hydroxylation is 3. The summed E-state index contributed by atoms with van der Waals surface area (Å²) in [7, 11) is 4.01. The summed E-state index contributed by atoms with van der Waals surface area (Å²) in [6.07, 6.45) is 0. The normalized spacial score (nSPS) is 11.8. The van der Waals surface area contributed by atoms with E-state index in [2.05, 4.69) is 39.5 Å². The third-order valence-electron chi connectivity index (χ3n) is 3.81. The van der Waals surface area contributed by atoms with E-state index in [1.807, 2.05) is 32.6 Å². The second-order valence-corrected chi connectivity index (χ2v) is 6.72. The van der Waals surface area contributed by atoms with Crippen molar-refractivity contribution in [3.05, 3.63) is 33.0 Å². The van der Waals surface area contributed by atoms with Crippen LogP contribution in [0.3, 0.4) is 0 Å². The summed E-state index contributed by atoms with van der Waals surface area (Å²) in [4.78, 5) is 11.4. The Morgan fingerprint density at radius 1 is 1.39 bits per heavy atom. The Kier molecular flexibility index (Phi) is 5.76. The Morgan fingerprint density at radius 3 is 2.65 bits per heavy atom. The van der Waals surface area contributed by atoms with Crippen LogP contribution in [-0.4, -0.2) is 39.2 Å². The monoisotopic (exact) mass is 334 g/mol. The highest BCUT2D eigenvalue weighted by molar-refractivity contribution is 7.09. The van der Waals surface area contributed by atoms with E-state index in [-0.39, 0.29) is 0 Å². The van der Waals surface area contributed by atoms with Crippen molar-refractivity contribution in [3.8, 4) is 0 Å². The molecule has 0 bridgehead atoms. The molecule has 2 heterocycles. The average Bonchev–Trinajstić information content (AvgIpc) is 3.00. The second kappa shape index (κ2) is 7.59. The van der Waals surface area contributed by atoms with Gasteiger partial charge < -0.3 is 10.2 Å². The zero-order chi connectivity index (χ0) is 17.0. The first kappa shape index (κ1) is 17.5. The highest BCUT2D eigenvalue weighted by Crippen LogP contribution is 2.14. The van der Waals surface area contributed by atoms with Gasteiger partial charge in [-0.1, -0.05) is 0 Å². The third-order valence-corrected chi connectivity index (χ3v) is 4.63. The Morgan fingerprint density at radius 2 is 2.13 bits per heavy atom. The summed E-state index contributed by atoms with van der Waals surface area (Å²) in [5.74, 6) is 0.890. The molecule has 0 aromatic carbocycles. The smallest absolute Gasteiger partial charge is 0.194 e. The molecular formula is C16H26N6S. The maximum atomic E-state index is 4.78. The summed E-state index contributed by atoms with van der Waals surface area (Å²) >= 11 is 1.68. The van der Waals surface area contributed by atoms with E-state index in [1.165, 1.54) is 11.3 Å². The molecule has 2 rings (SSSR count). The third kappa shape index (κ3) is 4.31. The van der Waals surface area contributed by atoms with E-state index in [4.69, 9.17) is 4.99 Å². The van der Waals surface area contributed by atoms with Crippen LogP contribution in [0.5, 0.6) is 0 Å². The molecule has 7 heteroatoms. The lowest BCUT2D eigenvalue weighted by atomic mass is 10.2. The van der Waals surface area contributed by atoms with Crippen molar-refractivity contribution in [2.45, 2.75) is 40.8 Å². The zero-order valence-electron chi connectivity index (χ0n) is 14.8. The minimum atomic E-state index is 0.633. The minimum Gasteiger partial charge on any atom is -0.357 e. The summed E-state index contributed by atoms with van der Waals surface area (Å²) in [5, 5.41) is 11.0. The summed E-state index contributed by atoms with van der Waals surface area (Å²) in [6, 6.07) is 0. The number of hydrogen-bond donors (Lipinski definition) is 1. The van der Waals surface area contributed by atoms with Crippen molar-refractivity contribution in [1.82, 2.24) is 25.0 Å². The van der Waals surface area contributed by atoms with Gasteiger partial charge >= 0.3 is 0 Å². The molecule has 0 unspecified atom stereocenters. The fourth-order valence-corrected chi connectivity index (χ4v) is 3.07. The van der Waals surface area contributed by atoms with Gasteiger partial charge in [0.2, 0.25) is 0 Å². The molecule has 0 radical (unpaired) electrons. The first-order valence-electron chi connectivity index (χ1n) is 7.81. The standard InChI is InChI=1S/C16H26N6S/c1-7-17-16(21(5)9-14-10-23-13(4)19-14)18-8-15-11(2)20-22(6)12(15)3/h10H,7-9H2,1-6H3,(H,17,18). The van der Waals surface area contributed by atoms with E-state index < -0.39 is 0 Å². The van der Waals surface area contributed by atoms with Crippen LogP contribution in [0.25, 0.3) is 0 Å². The molecule has 1 N–H and O–H groups in total. The maximum absolute atomic E-state index is 4.78. The maximum Gasteiger partial charge on any atom is 0.194 e. The van der Waals surface area contributed by atoms with Gasteiger partial charge in [-0.15, -0.1) is 11.3 Å². The first-order valence-corrected chi connectivity index (χ1v) is 8.69. The molecule has 2 aromatic rings. The molecule has 0 amide bonds. The lowest BCUT2D eigenvalue weighted by molar-refractivity contribution is 0.470. The SMILES string of the molecule is CCNC(=NCc1c(C)nn(C)c1C)N(C)Cc1csc(C)n1. The van der Waals surface area contributed by atoms with Crippen LogP contribution < -0.4 is 5.32 Å². The van der Waals surface area contributed by atoms with Crippen LogP contribution >= 0.6 is 11.3 Å². The lowest BCUT2D eigenvalue weighted by Gasteiger charge is -2.21. The summed E-state index contributed by atoms with van der Waals surface area (Å²) in [5.41, 5.74) is 4.48. The fourth-order valence-electron chi connectivity index (χ4n) is 2.47. The van der Waals surface area contributed by atoms with Gasteiger partial charge in [0.1, 0.15) is 0 Å². The summed E-state index contributed by atoms with van der Waals surface area (Å²) < 4.78 is 1.91. The Hall–Kier alpha value is -1.89. The van der Waals surface area contributed by atoms with Gasteiger partial charge in [0.15, 0.2) is 5.96 Å². The molecule has 0 aliphatic carbocycles. The van der Waals surface area contributed by atoms with Crippen LogP contribution in [0.1, 0.15) is 34.6 Å². The van der Waals surface area contributed by atoms with Gasteiger partial charge in [-0.2, -0.15) is 5.10 Å². The zero-order valence-corrected chi connectivity index (χ0v) is 15.7. The number of nitrogens with one attached hydrogen (secondary N) is 1. The van der Waals surface area contributed by atoms with Crippen molar-refractivity contribution in [3.63, 3.8) is 0 Å². The Balaban J connectivity index is 2.12. The van der Waals surface area contributed by atoms with E-state index in [1.54, 1.807) is 11.3 Å². The van der Waals surface area contributed by atoms with Gasteiger partial charge in [0.25, 0.3) is 0 Å². The molecule has 0 spiro atoms. The van der Waals surface area contributed by atoms with Crippen LogP contribution in [0, 0.1) is 20.8 Å². The van der Waals surface area contributed by atoms with E-state index >= 15 is 0 Å². The van der Waals surface area contributed by atoms with Crippen LogP contribution in [0.15, 0.2) is 10.4 Å². The molecule has 0 saturated heterocycles. The van der Waals surface area contributed by atoms with Gasteiger partial charge in [-0.25, -0.2) is 9.98 Å². The predicted molar refractivity (Wildman–Crippen MR) is 95.8 cm³/mol. The highest BCUT2D eigenvalue weighted by atomic mass is 32.1. The lowest BCUT2D eigenvalue weighted by Crippen LogP contribution is -2.38. The Labute approximate surface area is 142 Å². The molecule has 0 saturated carbocycles. The number of hydrogen-bond acceptors (Lipinski definition) is 4. The number of guanidine groups is 1. The molecule has 0 aliphatic heterocycles. The van der Waals surface area contributed by atoms with Gasteiger partial charge in [0, 0.05) is 37.3 Å². The van der Waals surface area contributed by atoms with Crippen molar-refractivity contribution in [2.75, 3.05) is 13.6 Å². The predicted octanol–water partition coefficient (Wildman–Crippen LogP) is 2.40. The molecule has 6 nitrogen and oxygen atoms in total. The molecule has 0 atom stereocenters. The molecule has 0 aliphatic rings. The summed E-state index contributed by atoms with van der Waals surface area (Å²) in [6.45, 7) is 10.4. The van der Waals surface area contributed by atoms with E-state index in [0.29, 0.717) is 6.54 Å². The van der Waals surface area contributed by atoms with Crippen molar-refractivity contribution < 1.29 is 0 Å². The first-order chi connectivity index (χ1) is 10.9. The largest absolute Gasteiger partial charge is 0.357 e.